The second-order valence-electron chi connectivity index (χ2n) is 5.09. The molecule has 0 aliphatic rings. The van der Waals surface area contributed by atoms with Crippen molar-refractivity contribution in [3.05, 3.63) is 64.5 Å². The van der Waals surface area contributed by atoms with Crippen molar-refractivity contribution >= 4 is 29.2 Å². The second kappa shape index (κ2) is 9.28. The summed E-state index contributed by atoms with van der Waals surface area (Å²) in [7, 11) is 1.56. The molecule has 0 atom stereocenters. The number of benzene rings is 1. The minimum atomic E-state index is -0.487. The van der Waals surface area contributed by atoms with Gasteiger partial charge in [-0.3, -0.25) is 20.2 Å². The fourth-order valence-electron chi connectivity index (χ4n) is 2.08. The zero-order chi connectivity index (χ0) is 18.9. The van der Waals surface area contributed by atoms with Gasteiger partial charge in [0.25, 0.3) is 0 Å². The van der Waals surface area contributed by atoms with Crippen molar-refractivity contribution in [2.24, 2.45) is 5.10 Å². The molecule has 1 heterocycles. The molecule has 2 N–H and O–H groups in total. The first-order chi connectivity index (χ1) is 12.5. The summed E-state index contributed by atoms with van der Waals surface area (Å²) < 4.78 is 6.81. The minimum Gasteiger partial charge on any atom is -0.496 e. The van der Waals surface area contributed by atoms with E-state index in [0.717, 1.165) is 11.1 Å². The molecule has 0 aliphatic carbocycles. The molecule has 0 fully saturated rings. The number of rotatable bonds is 8. The van der Waals surface area contributed by atoms with E-state index in [2.05, 4.69) is 27.5 Å². The molecule has 0 unspecified atom stereocenters. The van der Waals surface area contributed by atoms with E-state index >= 15 is 0 Å². The maximum absolute atomic E-state index is 10.8. The predicted octanol–water partition coefficient (Wildman–Crippen LogP) is 1.83. The number of ether oxygens (including phenoxy) is 1. The lowest BCUT2D eigenvalue weighted by molar-refractivity contribution is -0.385. The number of hydrazone groups is 1. The Labute approximate surface area is 155 Å². The van der Waals surface area contributed by atoms with Crippen molar-refractivity contribution < 1.29 is 9.66 Å². The molecule has 2 aromatic rings. The van der Waals surface area contributed by atoms with Gasteiger partial charge < -0.3 is 10.1 Å². The third kappa shape index (κ3) is 5.38. The highest BCUT2D eigenvalue weighted by atomic mass is 32.1. The first kappa shape index (κ1) is 19.1. The second-order valence-corrected chi connectivity index (χ2v) is 5.50. The molecular formula is C16H18N6O3S. The first-order valence-electron chi connectivity index (χ1n) is 7.55. The Kier molecular flexibility index (Phi) is 6.80. The monoisotopic (exact) mass is 374 g/mol. The van der Waals surface area contributed by atoms with Crippen LogP contribution in [-0.4, -0.2) is 39.7 Å². The van der Waals surface area contributed by atoms with Gasteiger partial charge in [0, 0.05) is 12.1 Å². The Bertz CT molecular complexity index is 833. The van der Waals surface area contributed by atoms with Gasteiger partial charge in [0.1, 0.15) is 18.1 Å². The predicted molar refractivity (Wildman–Crippen MR) is 103 cm³/mol. The maximum atomic E-state index is 10.8. The van der Waals surface area contributed by atoms with Gasteiger partial charge in [0.15, 0.2) is 5.11 Å². The van der Waals surface area contributed by atoms with Crippen LogP contribution in [0.5, 0.6) is 5.75 Å². The van der Waals surface area contributed by atoms with Crippen LogP contribution in [0.3, 0.4) is 0 Å². The first-order valence-corrected chi connectivity index (χ1v) is 7.96. The van der Waals surface area contributed by atoms with E-state index in [4.69, 9.17) is 17.0 Å². The van der Waals surface area contributed by atoms with Gasteiger partial charge in [-0.1, -0.05) is 6.08 Å². The van der Waals surface area contributed by atoms with E-state index < -0.39 is 4.92 Å². The average molecular weight is 374 g/mol. The van der Waals surface area contributed by atoms with E-state index in [1.165, 1.54) is 17.1 Å². The number of methoxy groups -OCH3 is 1. The number of nitro groups is 1. The molecule has 1 aromatic carbocycles. The summed E-state index contributed by atoms with van der Waals surface area (Å²) in [4.78, 5) is 10.3. The molecule has 0 radical (unpaired) electrons. The highest BCUT2D eigenvalue weighted by molar-refractivity contribution is 7.80. The van der Waals surface area contributed by atoms with E-state index in [1.807, 2.05) is 12.1 Å². The molecule has 1 aromatic heterocycles. The molecule has 10 heteroatoms. The number of nitrogens with zero attached hydrogens (tertiary/aromatic N) is 4. The Hall–Kier alpha value is -3.27. The average Bonchev–Trinajstić information content (AvgIpc) is 3.09. The van der Waals surface area contributed by atoms with Gasteiger partial charge in [0.05, 0.1) is 24.8 Å². The molecule has 9 nitrogen and oxygen atoms in total. The smallest absolute Gasteiger partial charge is 0.307 e. The van der Waals surface area contributed by atoms with Gasteiger partial charge in [-0.05, 0) is 36.0 Å². The molecule has 0 spiro atoms. The minimum absolute atomic E-state index is 0.0635. The third-order valence-corrected chi connectivity index (χ3v) is 3.49. The Morgan fingerprint density at radius 2 is 2.38 bits per heavy atom. The van der Waals surface area contributed by atoms with Gasteiger partial charge >= 0.3 is 5.69 Å². The quantitative estimate of drug-likeness (QED) is 0.239. The van der Waals surface area contributed by atoms with Gasteiger partial charge in [0.2, 0.25) is 0 Å². The van der Waals surface area contributed by atoms with E-state index in [9.17, 15) is 10.1 Å². The molecule has 0 saturated heterocycles. The van der Waals surface area contributed by atoms with Crippen LogP contribution in [0.25, 0.3) is 0 Å². The molecule has 0 amide bonds. The maximum Gasteiger partial charge on any atom is 0.307 e. The van der Waals surface area contributed by atoms with Crippen LogP contribution in [-0.2, 0) is 6.54 Å². The Morgan fingerprint density at radius 3 is 3.04 bits per heavy atom. The van der Waals surface area contributed by atoms with Gasteiger partial charge in [-0.25, -0.2) is 0 Å². The largest absolute Gasteiger partial charge is 0.496 e. The fourth-order valence-corrected chi connectivity index (χ4v) is 2.22. The molecule has 2 rings (SSSR count). The number of thiocarbonyl (C=S) groups is 1. The highest BCUT2D eigenvalue weighted by Crippen LogP contribution is 2.21. The summed E-state index contributed by atoms with van der Waals surface area (Å²) in [5.41, 5.74) is 4.25. The SMILES string of the molecule is C=CCNC(=S)NN=Cc1ccc(OC)c(Cn2cc([N+](=O)[O-])cn2)c1. The summed E-state index contributed by atoms with van der Waals surface area (Å²) in [6, 6.07) is 5.49. The number of nitrogens with one attached hydrogen (secondary N) is 2. The molecule has 136 valence electrons. The molecule has 0 aliphatic heterocycles. The molecule has 0 bridgehead atoms. The van der Waals surface area contributed by atoms with Crippen molar-refractivity contribution in [3.8, 4) is 5.75 Å². The van der Waals surface area contributed by atoms with Crippen molar-refractivity contribution in [1.82, 2.24) is 20.5 Å². The summed E-state index contributed by atoms with van der Waals surface area (Å²) in [5, 5.41) is 22.1. The lowest BCUT2D eigenvalue weighted by Gasteiger charge is -2.09. The fraction of sp³-hybridized carbons (Fsp3) is 0.188. The molecule has 26 heavy (non-hydrogen) atoms. The van der Waals surface area contributed by atoms with Crippen LogP contribution in [0, 0.1) is 10.1 Å². The summed E-state index contributed by atoms with van der Waals surface area (Å²) >= 11 is 5.04. The van der Waals surface area contributed by atoms with Crippen LogP contribution in [0.1, 0.15) is 11.1 Å². The lowest BCUT2D eigenvalue weighted by Crippen LogP contribution is -2.31. The van der Waals surface area contributed by atoms with Gasteiger partial charge in [-0.15, -0.1) is 6.58 Å². The lowest BCUT2D eigenvalue weighted by atomic mass is 10.1. The Balaban J connectivity index is 2.10. The van der Waals surface area contributed by atoms with Gasteiger partial charge in [-0.2, -0.15) is 10.2 Å². The van der Waals surface area contributed by atoms with Crippen molar-refractivity contribution in [2.75, 3.05) is 13.7 Å². The standard InChI is InChI=1S/C16H18N6O3S/c1-3-6-17-16(26)20-18-8-12-4-5-15(25-2)13(7-12)10-21-11-14(9-19-21)22(23)24/h3-5,7-9,11H,1,6,10H2,2H3,(H2,17,20,26). The highest BCUT2D eigenvalue weighted by Gasteiger charge is 2.11. The van der Waals surface area contributed by atoms with E-state index in [0.29, 0.717) is 24.0 Å². The number of aromatic nitrogens is 2. The number of hydrogen-bond donors (Lipinski definition) is 2. The zero-order valence-electron chi connectivity index (χ0n) is 14.1. The number of hydrogen-bond acceptors (Lipinski definition) is 6. The van der Waals surface area contributed by atoms with Crippen LogP contribution in [0.15, 0.2) is 48.3 Å². The molecular weight excluding hydrogens is 356 g/mol. The topological polar surface area (TPSA) is 107 Å². The molecule has 0 saturated carbocycles. The van der Waals surface area contributed by atoms with Crippen LogP contribution < -0.4 is 15.5 Å². The summed E-state index contributed by atoms with van der Waals surface area (Å²) in [6.45, 7) is 4.46. The van der Waals surface area contributed by atoms with Crippen LogP contribution in [0.4, 0.5) is 5.69 Å². The third-order valence-electron chi connectivity index (χ3n) is 3.25. The van der Waals surface area contributed by atoms with Crippen molar-refractivity contribution in [2.45, 2.75) is 6.54 Å². The van der Waals surface area contributed by atoms with E-state index in [-0.39, 0.29) is 5.69 Å². The van der Waals surface area contributed by atoms with Crippen molar-refractivity contribution in [3.63, 3.8) is 0 Å². The zero-order valence-corrected chi connectivity index (χ0v) is 14.9. The summed E-state index contributed by atoms with van der Waals surface area (Å²) in [5.74, 6) is 0.649. The summed E-state index contributed by atoms with van der Waals surface area (Å²) in [6.07, 6.45) is 5.87. The normalized spacial score (nSPS) is 10.5. The Morgan fingerprint density at radius 1 is 1.58 bits per heavy atom. The van der Waals surface area contributed by atoms with Crippen molar-refractivity contribution in [1.29, 1.82) is 0 Å². The van der Waals surface area contributed by atoms with Crippen LogP contribution >= 0.6 is 12.2 Å². The van der Waals surface area contributed by atoms with Crippen LogP contribution in [0.2, 0.25) is 0 Å². The van der Waals surface area contributed by atoms with E-state index in [1.54, 1.807) is 25.5 Å².